The first-order chi connectivity index (χ1) is 10.9. The highest BCUT2D eigenvalue weighted by Crippen LogP contribution is 2.29. The maximum absolute atomic E-state index is 13.6. The van der Waals surface area contributed by atoms with Crippen LogP contribution in [0.15, 0.2) is 18.2 Å². The molecule has 2 rings (SSSR count). The Morgan fingerprint density at radius 3 is 2.78 bits per heavy atom. The monoisotopic (exact) mass is 357 g/mol. The first-order valence-electron chi connectivity index (χ1n) is 7.70. The highest BCUT2D eigenvalue weighted by atomic mass is 35.5. The van der Waals surface area contributed by atoms with E-state index in [0.29, 0.717) is 22.0 Å². The maximum Gasteiger partial charge on any atom is 0.272 e. The molecule has 23 heavy (non-hydrogen) atoms. The maximum atomic E-state index is 13.6. The minimum atomic E-state index is -0.637. The van der Waals surface area contributed by atoms with E-state index in [2.05, 4.69) is 30.0 Å². The number of amides is 1. The Hall–Kier alpha value is -1.40. The molecule has 1 aromatic rings. The molecule has 1 saturated carbocycles. The van der Waals surface area contributed by atoms with Gasteiger partial charge in [-0.25, -0.2) is 4.39 Å². The molecule has 4 nitrogen and oxygen atoms in total. The summed E-state index contributed by atoms with van der Waals surface area (Å²) in [6, 6.07) is 4.09. The number of nitrogens with one attached hydrogen (secondary N) is 3. The minimum Gasteiger partial charge on any atom is -0.358 e. The molecule has 1 amide bonds. The second-order valence-electron chi connectivity index (χ2n) is 6.05. The zero-order valence-electron chi connectivity index (χ0n) is 13.2. The summed E-state index contributed by atoms with van der Waals surface area (Å²) in [5.74, 6) is -0.120. The Morgan fingerprint density at radius 2 is 2.04 bits per heavy atom. The zero-order chi connectivity index (χ0) is 17.0. The van der Waals surface area contributed by atoms with Crippen LogP contribution in [-0.4, -0.2) is 17.1 Å². The summed E-state index contributed by atoms with van der Waals surface area (Å²) in [4.78, 5) is 12.0. The van der Waals surface area contributed by atoms with Crippen LogP contribution in [-0.2, 0) is 0 Å². The summed E-state index contributed by atoms with van der Waals surface area (Å²) in [6.45, 7) is 4.43. The number of rotatable bonds is 2. The van der Waals surface area contributed by atoms with Gasteiger partial charge in [-0.1, -0.05) is 38.3 Å². The lowest BCUT2D eigenvalue weighted by molar-refractivity contribution is 0.0939. The second kappa shape index (κ2) is 7.93. The van der Waals surface area contributed by atoms with Gasteiger partial charge in [-0.3, -0.25) is 15.6 Å². The fourth-order valence-corrected chi connectivity index (χ4v) is 3.22. The van der Waals surface area contributed by atoms with Crippen molar-refractivity contribution in [2.75, 3.05) is 0 Å². The highest BCUT2D eigenvalue weighted by molar-refractivity contribution is 7.80. The summed E-state index contributed by atoms with van der Waals surface area (Å²) in [6.07, 6.45) is 3.43. The first kappa shape index (κ1) is 17.9. The molecule has 3 atom stereocenters. The van der Waals surface area contributed by atoms with Crippen LogP contribution in [0.2, 0.25) is 5.02 Å². The molecule has 126 valence electrons. The van der Waals surface area contributed by atoms with Gasteiger partial charge in [-0.05, 0) is 48.7 Å². The number of hydrogen-bond donors (Lipinski definition) is 3. The Morgan fingerprint density at radius 1 is 1.30 bits per heavy atom. The van der Waals surface area contributed by atoms with E-state index < -0.39 is 11.7 Å². The van der Waals surface area contributed by atoms with Gasteiger partial charge in [0.05, 0.1) is 5.56 Å². The molecule has 7 heteroatoms. The lowest BCUT2D eigenvalue weighted by Crippen LogP contribution is -2.52. The van der Waals surface area contributed by atoms with E-state index in [4.69, 9.17) is 23.8 Å². The topological polar surface area (TPSA) is 53.2 Å². The summed E-state index contributed by atoms with van der Waals surface area (Å²) in [5, 5.41) is 3.84. The first-order valence-corrected chi connectivity index (χ1v) is 8.49. The van der Waals surface area contributed by atoms with Crippen LogP contribution in [0.1, 0.15) is 43.5 Å². The molecule has 0 heterocycles. The van der Waals surface area contributed by atoms with Gasteiger partial charge < -0.3 is 5.32 Å². The Balaban J connectivity index is 1.86. The van der Waals surface area contributed by atoms with Crippen molar-refractivity contribution in [1.29, 1.82) is 0 Å². The van der Waals surface area contributed by atoms with Gasteiger partial charge in [0.2, 0.25) is 0 Å². The summed E-state index contributed by atoms with van der Waals surface area (Å²) in [7, 11) is 0. The van der Waals surface area contributed by atoms with Gasteiger partial charge in [-0.2, -0.15) is 0 Å². The van der Waals surface area contributed by atoms with Gasteiger partial charge in [0.15, 0.2) is 5.11 Å². The predicted molar refractivity (Wildman–Crippen MR) is 93.7 cm³/mol. The lowest BCUT2D eigenvalue weighted by atomic mass is 9.78. The fraction of sp³-hybridized carbons (Fsp3) is 0.500. The van der Waals surface area contributed by atoms with Crippen LogP contribution in [0, 0.1) is 17.7 Å². The number of carbonyl (C=O) groups excluding carboxylic acids is 1. The van der Waals surface area contributed by atoms with Crippen LogP contribution in [0.4, 0.5) is 4.39 Å². The lowest BCUT2D eigenvalue weighted by Gasteiger charge is -2.35. The van der Waals surface area contributed by atoms with Crippen LogP contribution >= 0.6 is 23.8 Å². The average Bonchev–Trinajstić information content (AvgIpc) is 2.52. The highest BCUT2D eigenvalue weighted by Gasteiger charge is 2.27. The second-order valence-corrected chi connectivity index (χ2v) is 6.90. The quantitative estimate of drug-likeness (QED) is 0.561. The van der Waals surface area contributed by atoms with Gasteiger partial charge >= 0.3 is 0 Å². The van der Waals surface area contributed by atoms with Gasteiger partial charge in [-0.15, -0.1) is 0 Å². The van der Waals surface area contributed by atoms with E-state index in [0.717, 1.165) is 18.9 Å². The minimum absolute atomic E-state index is 0.132. The molecular formula is C16H21ClFN3OS. The zero-order valence-corrected chi connectivity index (χ0v) is 14.7. The van der Waals surface area contributed by atoms with Gasteiger partial charge in [0, 0.05) is 11.1 Å². The van der Waals surface area contributed by atoms with Crippen LogP contribution in [0.5, 0.6) is 0 Å². The van der Waals surface area contributed by atoms with Crippen LogP contribution in [0.25, 0.3) is 0 Å². The summed E-state index contributed by atoms with van der Waals surface area (Å²) in [5.41, 5.74) is 4.88. The van der Waals surface area contributed by atoms with Crippen LogP contribution in [0.3, 0.4) is 0 Å². The Kier molecular flexibility index (Phi) is 6.18. The van der Waals surface area contributed by atoms with Crippen molar-refractivity contribution in [3.8, 4) is 0 Å². The fourth-order valence-electron chi connectivity index (χ4n) is 2.84. The van der Waals surface area contributed by atoms with E-state index in [1.807, 2.05) is 0 Å². The summed E-state index contributed by atoms with van der Waals surface area (Å²) < 4.78 is 13.6. The molecule has 1 aliphatic rings. The van der Waals surface area contributed by atoms with Crippen molar-refractivity contribution in [2.24, 2.45) is 11.8 Å². The van der Waals surface area contributed by atoms with Crippen molar-refractivity contribution in [3.63, 3.8) is 0 Å². The molecule has 0 unspecified atom stereocenters. The molecule has 0 aliphatic heterocycles. The number of benzene rings is 1. The SMILES string of the molecule is C[C@@H]1[C@H](C)CCC[C@@H]1NC(=S)NNC(=O)c1cc(Cl)ccc1F. The standard InChI is InChI=1S/C16H21ClFN3OS/c1-9-4-3-5-14(10(9)2)19-16(23)21-20-15(22)12-8-11(17)6-7-13(12)18/h6-10,14H,3-5H2,1-2H3,(H,20,22)(H2,19,21,23)/t9-,10-,14+/m1/s1. The molecule has 1 fully saturated rings. The van der Waals surface area contributed by atoms with E-state index >= 15 is 0 Å². The number of thiocarbonyl (C=S) groups is 1. The molecule has 0 saturated heterocycles. The normalized spacial score (nSPS) is 23.9. The largest absolute Gasteiger partial charge is 0.358 e. The van der Waals surface area contributed by atoms with E-state index in [-0.39, 0.29) is 11.6 Å². The van der Waals surface area contributed by atoms with E-state index in [1.165, 1.54) is 18.6 Å². The molecule has 1 aromatic carbocycles. The van der Waals surface area contributed by atoms with Crippen molar-refractivity contribution in [3.05, 3.63) is 34.6 Å². The molecule has 1 aliphatic carbocycles. The third-order valence-corrected chi connectivity index (χ3v) is 4.94. The third-order valence-electron chi connectivity index (χ3n) is 4.49. The predicted octanol–water partition coefficient (Wildman–Crippen LogP) is 3.41. The third kappa shape index (κ3) is 4.78. The number of carbonyl (C=O) groups is 1. The van der Waals surface area contributed by atoms with E-state index in [9.17, 15) is 9.18 Å². The Bertz CT molecular complexity index is 599. The van der Waals surface area contributed by atoms with Crippen molar-refractivity contribution >= 4 is 34.8 Å². The molecular weight excluding hydrogens is 337 g/mol. The molecule has 0 bridgehead atoms. The average molecular weight is 358 g/mol. The van der Waals surface area contributed by atoms with E-state index in [1.54, 1.807) is 0 Å². The number of hydrogen-bond acceptors (Lipinski definition) is 2. The number of hydrazine groups is 1. The Labute approximate surface area is 146 Å². The van der Waals surface area contributed by atoms with Crippen molar-refractivity contribution < 1.29 is 9.18 Å². The molecule has 3 N–H and O–H groups in total. The molecule has 0 spiro atoms. The summed E-state index contributed by atoms with van der Waals surface area (Å²) >= 11 is 11.0. The van der Waals surface area contributed by atoms with Gasteiger partial charge in [0.25, 0.3) is 5.91 Å². The number of halogens is 2. The van der Waals surface area contributed by atoms with Crippen molar-refractivity contribution in [2.45, 2.75) is 39.2 Å². The van der Waals surface area contributed by atoms with Gasteiger partial charge in [0.1, 0.15) is 5.82 Å². The molecule has 0 radical (unpaired) electrons. The van der Waals surface area contributed by atoms with Crippen LogP contribution < -0.4 is 16.2 Å². The molecule has 0 aromatic heterocycles. The smallest absolute Gasteiger partial charge is 0.272 e. The van der Waals surface area contributed by atoms with Crippen molar-refractivity contribution in [1.82, 2.24) is 16.2 Å².